The van der Waals surface area contributed by atoms with E-state index in [0.29, 0.717) is 17.4 Å². The summed E-state index contributed by atoms with van der Waals surface area (Å²) in [6.45, 7) is 2.77. The Morgan fingerprint density at radius 1 is 1.12 bits per heavy atom. The van der Waals surface area contributed by atoms with Crippen LogP contribution in [-0.2, 0) is 6.42 Å². The average molecular weight is 409 g/mol. The van der Waals surface area contributed by atoms with Gasteiger partial charge in [0.15, 0.2) is 16.6 Å². The first-order chi connectivity index (χ1) is 11.5. The maximum absolute atomic E-state index is 5.35. The molecule has 24 heavy (non-hydrogen) atoms. The van der Waals surface area contributed by atoms with Crippen LogP contribution < -0.4 is 20.1 Å². The highest BCUT2D eigenvalue weighted by molar-refractivity contribution is 9.10. The summed E-state index contributed by atoms with van der Waals surface area (Å²) in [6, 6.07) is 12.0. The quantitative estimate of drug-likeness (QED) is 0.697. The first-order valence-electron chi connectivity index (χ1n) is 7.55. The zero-order valence-electron chi connectivity index (χ0n) is 14.0. The molecule has 0 aliphatic heterocycles. The van der Waals surface area contributed by atoms with Gasteiger partial charge in [0.25, 0.3) is 0 Å². The number of hydrogen-bond donors (Lipinski definition) is 2. The van der Waals surface area contributed by atoms with E-state index in [1.54, 1.807) is 14.2 Å². The number of ether oxygens (including phenoxy) is 2. The molecule has 0 fully saturated rings. The number of nitrogens with one attached hydrogen (secondary N) is 2. The van der Waals surface area contributed by atoms with Gasteiger partial charge in [-0.2, -0.15) is 0 Å². The van der Waals surface area contributed by atoms with E-state index in [2.05, 4.69) is 45.6 Å². The number of aryl methyl sites for hydroxylation is 1. The van der Waals surface area contributed by atoms with E-state index in [4.69, 9.17) is 21.7 Å². The van der Waals surface area contributed by atoms with E-state index in [1.165, 1.54) is 5.56 Å². The van der Waals surface area contributed by atoms with Crippen molar-refractivity contribution in [1.29, 1.82) is 0 Å². The van der Waals surface area contributed by atoms with Crippen LogP contribution >= 0.6 is 28.1 Å². The molecular weight excluding hydrogens is 388 g/mol. The van der Waals surface area contributed by atoms with Crippen LogP contribution in [0, 0.1) is 6.92 Å². The van der Waals surface area contributed by atoms with E-state index in [0.717, 1.165) is 27.9 Å². The summed E-state index contributed by atoms with van der Waals surface area (Å²) in [5.74, 6) is 1.42. The second-order valence-corrected chi connectivity index (χ2v) is 6.56. The van der Waals surface area contributed by atoms with Gasteiger partial charge in [-0.1, -0.05) is 28.1 Å². The molecule has 2 aromatic rings. The first kappa shape index (κ1) is 18.5. The minimum Gasteiger partial charge on any atom is -0.493 e. The molecule has 6 heteroatoms. The number of thiocarbonyl (C=S) groups is 1. The van der Waals surface area contributed by atoms with Gasteiger partial charge in [0.1, 0.15) is 0 Å². The highest BCUT2D eigenvalue weighted by Gasteiger charge is 2.09. The van der Waals surface area contributed by atoms with Crippen LogP contribution in [0.4, 0.5) is 5.69 Å². The Balaban J connectivity index is 1.90. The van der Waals surface area contributed by atoms with Gasteiger partial charge in [0.2, 0.25) is 0 Å². The van der Waals surface area contributed by atoms with Crippen LogP contribution in [0.2, 0.25) is 0 Å². The molecule has 2 rings (SSSR count). The molecule has 0 radical (unpaired) electrons. The molecule has 0 saturated carbocycles. The van der Waals surface area contributed by atoms with Crippen molar-refractivity contribution in [2.75, 3.05) is 26.1 Å². The average Bonchev–Trinajstić information content (AvgIpc) is 2.55. The molecule has 0 aliphatic carbocycles. The lowest BCUT2D eigenvalue weighted by atomic mass is 10.1. The highest BCUT2D eigenvalue weighted by atomic mass is 79.9. The molecule has 0 unspecified atom stereocenters. The minimum absolute atomic E-state index is 0.609. The Morgan fingerprint density at radius 3 is 2.50 bits per heavy atom. The minimum atomic E-state index is 0.609. The molecule has 0 aromatic heterocycles. The molecule has 0 aliphatic rings. The van der Waals surface area contributed by atoms with Gasteiger partial charge in [0, 0.05) is 16.7 Å². The number of rotatable bonds is 6. The van der Waals surface area contributed by atoms with Crippen LogP contribution in [0.5, 0.6) is 11.5 Å². The van der Waals surface area contributed by atoms with E-state index < -0.39 is 0 Å². The van der Waals surface area contributed by atoms with Gasteiger partial charge >= 0.3 is 0 Å². The van der Waals surface area contributed by atoms with Gasteiger partial charge in [-0.25, -0.2) is 0 Å². The van der Waals surface area contributed by atoms with Gasteiger partial charge in [-0.15, -0.1) is 0 Å². The lowest BCUT2D eigenvalue weighted by Gasteiger charge is -2.14. The fourth-order valence-corrected chi connectivity index (χ4v) is 3.04. The van der Waals surface area contributed by atoms with Gasteiger partial charge in [-0.05, 0) is 61.0 Å². The van der Waals surface area contributed by atoms with Gasteiger partial charge in [-0.3, -0.25) is 0 Å². The Labute approximate surface area is 156 Å². The summed E-state index contributed by atoms with van der Waals surface area (Å²) < 4.78 is 11.6. The number of benzene rings is 2. The fraction of sp³-hybridized carbons (Fsp3) is 0.278. The Bertz CT molecular complexity index is 722. The van der Waals surface area contributed by atoms with Crippen molar-refractivity contribution >= 4 is 38.9 Å². The molecule has 0 spiro atoms. The number of halogens is 1. The third-order valence-electron chi connectivity index (χ3n) is 3.51. The standard InChI is InChI=1S/C18H21BrN2O2S/c1-12-5-4-6-14(9-12)21-18(24)20-8-7-13-10-16(22-2)17(23-3)11-15(13)19/h4-6,9-11H,7-8H2,1-3H3,(H2,20,21,24). The van der Waals surface area contributed by atoms with E-state index in [-0.39, 0.29) is 0 Å². The summed E-state index contributed by atoms with van der Waals surface area (Å²) in [6.07, 6.45) is 0.802. The van der Waals surface area contributed by atoms with Gasteiger partial charge in [0.05, 0.1) is 14.2 Å². The Kier molecular flexibility index (Phi) is 6.87. The number of anilines is 1. The van der Waals surface area contributed by atoms with Crippen molar-refractivity contribution in [1.82, 2.24) is 5.32 Å². The predicted molar refractivity (Wildman–Crippen MR) is 106 cm³/mol. The van der Waals surface area contributed by atoms with E-state index in [1.807, 2.05) is 24.3 Å². The molecule has 128 valence electrons. The molecule has 0 bridgehead atoms. The topological polar surface area (TPSA) is 42.5 Å². The molecule has 0 atom stereocenters. The molecule has 2 aromatic carbocycles. The predicted octanol–water partition coefficient (Wildman–Crippen LogP) is 4.30. The Morgan fingerprint density at radius 2 is 1.83 bits per heavy atom. The Hall–Kier alpha value is -1.79. The zero-order valence-corrected chi connectivity index (χ0v) is 16.4. The highest BCUT2D eigenvalue weighted by Crippen LogP contribution is 2.33. The summed E-state index contributed by atoms with van der Waals surface area (Å²) in [5, 5.41) is 7.02. The smallest absolute Gasteiger partial charge is 0.170 e. The third kappa shape index (κ3) is 5.11. The number of methoxy groups -OCH3 is 2. The summed E-state index contributed by atoms with van der Waals surface area (Å²) in [7, 11) is 3.26. The monoisotopic (exact) mass is 408 g/mol. The molecule has 2 N–H and O–H groups in total. The summed E-state index contributed by atoms with van der Waals surface area (Å²) in [5.41, 5.74) is 3.30. The summed E-state index contributed by atoms with van der Waals surface area (Å²) >= 11 is 8.91. The lowest BCUT2D eigenvalue weighted by molar-refractivity contribution is 0.354. The SMILES string of the molecule is COc1cc(Br)c(CCNC(=S)Nc2cccc(C)c2)cc1OC. The van der Waals surface area contributed by atoms with Crippen LogP contribution in [0.1, 0.15) is 11.1 Å². The molecule has 0 saturated heterocycles. The van der Waals surface area contributed by atoms with Crippen molar-refractivity contribution in [3.8, 4) is 11.5 Å². The van der Waals surface area contributed by atoms with Crippen molar-refractivity contribution in [3.05, 3.63) is 52.0 Å². The molecule has 4 nitrogen and oxygen atoms in total. The van der Waals surface area contributed by atoms with Crippen molar-refractivity contribution in [2.24, 2.45) is 0 Å². The van der Waals surface area contributed by atoms with Crippen molar-refractivity contribution in [2.45, 2.75) is 13.3 Å². The summed E-state index contributed by atoms with van der Waals surface area (Å²) in [4.78, 5) is 0. The normalized spacial score (nSPS) is 10.2. The molecule has 0 amide bonds. The van der Waals surface area contributed by atoms with Crippen LogP contribution in [0.25, 0.3) is 0 Å². The zero-order chi connectivity index (χ0) is 17.5. The van der Waals surface area contributed by atoms with Gasteiger partial charge < -0.3 is 20.1 Å². The van der Waals surface area contributed by atoms with Crippen LogP contribution in [0.15, 0.2) is 40.9 Å². The second-order valence-electron chi connectivity index (χ2n) is 5.30. The lowest BCUT2D eigenvalue weighted by Crippen LogP contribution is -2.30. The van der Waals surface area contributed by atoms with E-state index >= 15 is 0 Å². The number of hydrogen-bond acceptors (Lipinski definition) is 3. The molecule has 0 heterocycles. The second kappa shape index (κ2) is 8.89. The van der Waals surface area contributed by atoms with Crippen molar-refractivity contribution < 1.29 is 9.47 Å². The third-order valence-corrected chi connectivity index (χ3v) is 4.49. The maximum atomic E-state index is 5.35. The molecular formula is C18H21BrN2O2S. The van der Waals surface area contributed by atoms with Crippen molar-refractivity contribution in [3.63, 3.8) is 0 Å². The fourth-order valence-electron chi connectivity index (χ4n) is 2.30. The van der Waals surface area contributed by atoms with E-state index in [9.17, 15) is 0 Å². The maximum Gasteiger partial charge on any atom is 0.170 e. The van der Waals surface area contributed by atoms with Crippen LogP contribution in [-0.4, -0.2) is 25.9 Å². The van der Waals surface area contributed by atoms with Crippen LogP contribution in [0.3, 0.4) is 0 Å². The first-order valence-corrected chi connectivity index (χ1v) is 8.75. The largest absolute Gasteiger partial charge is 0.493 e.